The van der Waals surface area contributed by atoms with E-state index in [2.05, 4.69) is 4.98 Å². The molecule has 0 amide bonds. The highest BCUT2D eigenvalue weighted by atomic mass is 16.5. The van der Waals surface area contributed by atoms with Crippen molar-refractivity contribution in [1.29, 1.82) is 0 Å². The molecule has 0 aromatic carbocycles. The Hall–Kier alpha value is -1.62. The number of carboxylic acid groups (broad SMARTS) is 1. The number of nitrogens with zero attached hydrogens (tertiary/aromatic N) is 1. The summed E-state index contributed by atoms with van der Waals surface area (Å²) in [6.45, 7) is 3.92. The van der Waals surface area contributed by atoms with Gasteiger partial charge in [-0.25, -0.2) is 4.79 Å². The Labute approximate surface area is 94.0 Å². The van der Waals surface area contributed by atoms with Crippen LogP contribution in [0.2, 0.25) is 0 Å². The van der Waals surface area contributed by atoms with Gasteiger partial charge in [0.2, 0.25) is 0 Å². The summed E-state index contributed by atoms with van der Waals surface area (Å²) < 4.78 is 10.3. The Kier molecular flexibility index (Phi) is 4.72. The van der Waals surface area contributed by atoms with Gasteiger partial charge >= 0.3 is 5.97 Å². The zero-order valence-electron chi connectivity index (χ0n) is 9.34. The van der Waals surface area contributed by atoms with Crippen LogP contribution < -0.4 is 4.74 Å². The smallest absolute Gasteiger partial charge is 0.336 e. The fourth-order valence-electron chi connectivity index (χ4n) is 1.10. The van der Waals surface area contributed by atoms with E-state index >= 15 is 0 Å². The maximum absolute atomic E-state index is 10.7. The van der Waals surface area contributed by atoms with Gasteiger partial charge in [-0.05, 0) is 26.0 Å². The van der Waals surface area contributed by atoms with Crippen LogP contribution >= 0.6 is 0 Å². The second kappa shape index (κ2) is 6.07. The predicted molar refractivity (Wildman–Crippen MR) is 57.5 cm³/mol. The van der Waals surface area contributed by atoms with Crippen molar-refractivity contribution in [2.24, 2.45) is 0 Å². The van der Waals surface area contributed by atoms with Gasteiger partial charge in [-0.3, -0.25) is 4.98 Å². The number of aryl methyl sites for hydroxylation is 1. The fraction of sp³-hybridized carbons (Fsp3) is 0.455. The summed E-state index contributed by atoms with van der Waals surface area (Å²) >= 11 is 0. The van der Waals surface area contributed by atoms with Gasteiger partial charge in [0.1, 0.15) is 12.4 Å². The van der Waals surface area contributed by atoms with Gasteiger partial charge < -0.3 is 14.6 Å². The minimum atomic E-state index is -1.03. The lowest BCUT2D eigenvalue weighted by Crippen LogP contribution is -2.30. The molecule has 0 spiro atoms. The lowest BCUT2D eigenvalue weighted by atomic mass is 10.3. The van der Waals surface area contributed by atoms with E-state index in [1.165, 1.54) is 0 Å². The zero-order valence-corrected chi connectivity index (χ0v) is 9.34. The molecule has 0 aliphatic carbocycles. The number of aliphatic carboxylic acids is 1. The van der Waals surface area contributed by atoms with E-state index in [9.17, 15) is 4.79 Å². The van der Waals surface area contributed by atoms with Crippen LogP contribution in [-0.2, 0) is 9.53 Å². The number of aromatic nitrogens is 1. The first kappa shape index (κ1) is 12.4. The zero-order chi connectivity index (χ0) is 12.0. The molecule has 88 valence electrons. The largest absolute Gasteiger partial charge is 0.489 e. The van der Waals surface area contributed by atoms with E-state index in [1.54, 1.807) is 25.3 Å². The van der Waals surface area contributed by atoms with Crippen molar-refractivity contribution in [3.8, 4) is 5.75 Å². The minimum absolute atomic E-state index is 0.0199. The molecule has 1 aromatic rings. The summed E-state index contributed by atoms with van der Waals surface area (Å²) in [5, 5.41) is 8.81. The van der Waals surface area contributed by atoms with Crippen LogP contribution in [0.1, 0.15) is 12.6 Å². The van der Waals surface area contributed by atoms with Gasteiger partial charge in [0.15, 0.2) is 6.10 Å². The van der Waals surface area contributed by atoms with Crippen molar-refractivity contribution in [1.82, 2.24) is 4.98 Å². The topological polar surface area (TPSA) is 68.7 Å². The highest BCUT2D eigenvalue weighted by Crippen LogP contribution is 2.09. The minimum Gasteiger partial charge on any atom is -0.489 e. The Morgan fingerprint density at radius 3 is 2.81 bits per heavy atom. The molecular weight excluding hydrogens is 210 g/mol. The second-order valence-electron chi connectivity index (χ2n) is 3.23. The van der Waals surface area contributed by atoms with Crippen LogP contribution in [0.15, 0.2) is 18.3 Å². The number of rotatable bonds is 6. The number of carbonyl (C=O) groups is 1. The molecule has 5 nitrogen and oxygen atoms in total. The average Bonchev–Trinajstić information content (AvgIpc) is 2.26. The third kappa shape index (κ3) is 3.86. The molecule has 16 heavy (non-hydrogen) atoms. The fourth-order valence-corrected chi connectivity index (χ4v) is 1.10. The van der Waals surface area contributed by atoms with Crippen molar-refractivity contribution < 1.29 is 19.4 Å². The van der Waals surface area contributed by atoms with Crippen LogP contribution in [0, 0.1) is 6.92 Å². The van der Waals surface area contributed by atoms with Gasteiger partial charge in [-0.1, -0.05) is 0 Å². The number of pyridine rings is 1. The van der Waals surface area contributed by atoms with E-state index in [4.69, 9.17) is 14.6 Å². The standard InChI is InChI=1S/C11H15NO4/c1-3-15-10(11(13)14)7-16-9-5-4-8(2)12-6-9/h4-6,10H,3,7H2,1-2H3,(H,13,14). The van der Waals surface area contributed by atoms with Crippen molar-refractivity contribution in [3.63, 3.8) is 0 Å². The summed E-state index contributed by atoms with van der Waals surface area (Å²) in [7, 11) is 0. The molecular formula is C11H15NO4. The molecule has 0 bridgehead atoms. The van der Waals surface area contributed by atoms with E-state index < -0.39 is 12.1 Å². The third-order valence-corrected chi connectivity index (χ3v) is 1.93. The molecule has 1 N–H and O–H groups in total. The van der Waals surface area contributed by atoms with Gasteiger partial charge in [0.25, 0.3) is 0 Å². The molecule has 0 saturated heterocycles. The maximum atomic E-state index is 10.7. The van der Waals surface area contributed by atoms with Crippen LogP contribution in [0.4, 0.5) is 0 Å². The molecule has 0 aliphatic rings. The van der Waals surface area contributed by atoms with Crippen molar-refractivity contribution in [3.05, 3.63) is 24.0 Å². The van der Waals surface area contributed by atoms with Gasteiger partial charge in [0.05, 0.1) is 6.20 Å². The van der Waals surface area contributed by atoms with Crippen LogP contribution in [0.3, 0.4) is 0 Å². The lowest BCUT2D eigenvalue weighted by molar-refractivity contribution is -0.152. The van der Waals surface area contributed by atoms with E-state index in [0.717, 1.165) is 5.69 Å². The molecule has 1 aromatic heterocycles. The first-order chi connectivity index (χ1) is 7.63. The summed E-state index contributed by atoms with van der Waals surface area (Å²) in [6, 6.07) is 3.54. The quantitative estimate of drug-likeness (QED) is 0.789. The van der Waals surface area contributed by atoms with Gasteiger partial charge in [-0.2, -0.15) is 0 Å². The summed E-state index contributed by atoms with van der Waals surface area (Å²) in [4.78, 5) is 14.8. The lowest BCUT2D eigenvalue weighted by Gasteiger charge is -2.13. The molecule has 0 aliphatic heterocycles. The third-order valence-electron chi connectivity index (χ3n) is 1.93. The van der Waals surface area contributed by atoms with Crippen molar-refractivity contribution >= 4 is 5.97 Å². The van der Waals surface area contributed by atoms with E-state index in [-0.39, 0.29) is 6.61 Å². The highest BCUT2D eigenvalue weighted by Gasteiger charge is 2.18. The number of carboxylic acids is 1. The van der Waals surface area contributed by atoms with E-state index in [0.29, 0.717) is 12.4 Å². The number of hydrogen-bond acceptors (Lipinski definition) is 4. The average molecular weight is 225 g/mol. The molecule has 1 heterocycles. The summed E-state index contributed by atoms with van der Waals surface area (Å²) in [5.41, 5.74) is 0.881. The summed E-state index contributed by atoms with van der Waals surface area (Å²) in [6.07, 6.45) is 0.617. The molecule has 1 rings (SSSR count). The van der Waals surface area contributed by atoms with E-state index in [1.807, 2.05) is 6.92 Å². The van der Waals surface area contributed by atoms with Crippen LogP contribution in [-0.4, -0.2) is 35.4 Å². The molecule has 5 heteroatoms. The maximum Gasteiger partial charge on any atom is 0.336 e. The van der Waals surface area contributed by atoms with Crippen molar-refractivity contribution in [2.45, 2.75) is 20.0 Å². The molecule has 0 fully saturated rings. The first-order valence-electron chi connectivity index (χ1n) is 5.03. The number of hydrogen-bond donors (Lipinski definition) is 1. The predicted octanol–water partition coefficient (Wildman–Crippen LogP) is 1.26. The molecule has 0 radical (unpaired) electrons. The first-order valence-corrected chi connectivity index (χ1v) is 5.03. The van der Waals surface area contributed by atoms with Gasteiger partial charge in [-0.15, -0.1) is 0 Å². The Bertz CT molecular complexity index is 336. The normalized spacial score (nSPS) is 12.1. The van der Waals surface area contributed by atoms with Crippen LogP contribution in [0.5, 0.6) is 5.75 Å². The Morgan fingerprint density at radius 2 is 2.31 bits per heavy atom. The number of ether oxygens (including phenoxy) is 2. The Morgan fingerprint density at radius 1 is 1.56 bits per heavy atom. The second-order valence-corrected chi connectivity index (χ2v) is 3.23. The van der Waals surface area contributed by atoms with Crippen molar-refractivity contribution in [2.75, 3.05) is 13.2 Å². The highest BCUT2D eigenvalue weighted by molar-refractivity contribution is 5.72. The Balaban J connectivity index is 2.48. The molecule has 1 atom stereocenters. The summed E-state index contributed by atoms with van der Waals surface area (Å²) in [5.74, 6) is -0.488. The van der Waals surface area contributed by atoms with Crippen LogP contribution in [0.25, 0.3) is 0 Å². The SMILES string of the molecule is CCOC(COc1ccc(C)nc1)C(=O)O. The molecule has 0 saturated carbocycles. The van der Waals surface area contributed by atoms with Gasteiger partial charge in [0, 0.05) is 12.3 Å². The molecule has 1 unspecified atom stereocenters. The monoisotopic (exact) mass is 225 g/mol.